The molecule has 0 heterocycles. The number of rotatable bonds is 4. The van der Waals surface area contributed by atoms with Gasteiger partial charge in [-0.2, -0.15) is 0 Å². The van der Waals surface area contributed by atoms with E-state index in [-0.39, 0.29) is 5.56 Å². The molecule has 0 aromatic heterocycles. The van der Waals surface area contributed by atoms with Gasteiger partial charge in [0.15, 0.2) is 11.5 Å². The van der Waals surface area contributed by atoms with Crippen molar-refractivity contribution in [2.75, 3.05) is 0 Å². The molecule has 0 saturated carbocycles. The van der Waals surface area contributed by atoms with E-state index in [0.29, 0.717) is 0 Å². The van der Waals surface area contributed by atoms with E-state index in [1.807, 2.05) is 0 Å². The zero-order valence-corrected chi connectivity index (χ0v) is 18.6. The first-order chi connectivity index (χ1) is 14.6. The minimum atomic E-state index is -1.83. The molecule has 0 radical (unpaired) electrons. The van der Waals surface area contributed by atoms with Gasteiger partial charge in [-0.15, -0.1) is 0 Å². The van der Waals surface area contributed by atoms with Crippen LogP contribution in [0.3, 0.4) is 0 Å². The van der Waals surface area contributed by atoms with Crippen molar-refractivity contribution in [2.24, 2.45) is 0 Å². The summed E-state index contributed by atoms with van der Waals surface area (Å²) in [6.07, 6.45) is 0. The van der Waals surface area contributed by atoms with E-state index in [2.05, 4.69) is 91.0 Å². The number of hydrogen-bond acceptors (Lipinski definition) is 3. The molecule has 0 fully saturated rings. The van der Waals surface area contributed by atoms with E-state index in [1.165, 1.54) is 28.7 Å². The van der Waals surface area contributed by atoms with Gasteiger partial charge in [0.1, 0.15) is 5.56 Å². The van der Waals surface area contributed by atoms with Crippen LogP contribution in [0.2, 0.25) is 0 Å². The van der Waals surface area contributed by atoms with Crippen LogP contribution in [0.15, 0.2) is 109 Å². The molecule has 0 spiro atoms. The van der Waals surface area contributed by atoms with Crippen LogP contribution in [0.25, 0.3) is 0 Å². The number of hydrogen-bond donors (Lipinski definition) is 3. The number of benzene rings is 4. The molecule has 5 heteroatoms. The number of aromatic hydroxyl groups is 2. The summed E-state index contributed by atoms with van der Waals surface area (Å²) in [5.74, 6) is -2.29. The number of phenols is 2. The molecule has 0 saturated heterocycles. The van der Waals surface area contributed by atoms with Crippen LogP contribution in [-0.2, 0) is 0 Å². The van der Waals surface area contributed by atoms with Crippen LogP contribution in [0.4, 0.5) is 0 Å². The van der Waals surface area contributed by atoms with Crippen molar-refractivity contribution < 1.29 is 20.1 Å². The Labute approximate surface area is 182 Å². The summed E-state index contributed by atoms with van der Waals surface area (Å²) in [5, 5.41) is 26.2. The monoisotopic (exact) mass is 506 g/mol. The Kier molecular flexibility index (Phi) is 7.53. The van der Waals surface area contributed by atoms with Crippen molar-refractivity contribution in [1.82, 2.24) is 0 Å². The molecule has 150 valence electrons. The van der Waals surface area contributed by atoms with E-state index in [9.17, 15) is 4.79 Å². The summed E-state index contributed by atoms with van der Waals surface area (Å²) < 4.78 is 4.55. The van der Waals surface area contributed by atoms with Gasteiger partial charge in [-0.05, 0) is 12.1 Å². The minimum absolute atomic E-state index is 0.301. The third-order valence-electron chi connectivity index (χ3n) is 4.29. The first-order valence-electron chi connectivity index (χ1n) is 9.27. The molecule has 0 unspecified atom stereocenters. The number of phenolic OH excluding ortho intramolecular Hbond substituents is 1. The molecule has 4 rings (SSSR count). The predicted molar refractivity (Wildman–Crippen MR) is 121 cm³/mol. The molecule has 3 N–H and O–H groups in total. The number of carboxylic acid groups (broad SMARTS) is 1. The van der Waals surface area contributed by atoms with Crippen LogP contribution in [0.1, 0.15) is 10.4 Å². The third kappa shape index (κ3) is 5.43. The van der Waals surface area contributed by atoms with Crippen LogP contribution in [-0.4, -0.2) is 41.5 Å². The maximum atomic E-state index is 10.3. The summed E-state index contributed by atoms with van der Waals surface area (Å²) in [6, 6.07) is 36.6. The zero-order valence-electron chi connectivity index (χ0n) is 16.1. The fraction of sp³-hybridized carbons (Fsp3) is 0. The molecule has 4 aromatic rings. The summed E-state index contributed by atoms with van der Waals surface area (Å²) in [6.45, 7) is 0. The molecule has 4 nitrogen and oxygen atoms in total. The molecule has 4 aromatic carbocycles. The standard InChI is InChI=1S/C7H6O4.3C6H5.Sb/c8-5-3-1-2-4(6(5)9)7(10)11;3*1-2-4-6-5-3-1;/h1-3,8-9H,(H,10,11);3*1-5H;. The SMILES string of the molecule is O=C(O)c1cccc(O)c1O.c1cc[c]([Sb]([c]2ccccc2)[c]2ccccc2)cc1. The number of aromatic carboxylic acids is 1. The van der Waals surface area contributed by atoms with Crippen molar-refractivity contribution in [1.29, 1.82) is 0 Å². The summed E-state index contributed by atoms with van der Waals surface area (Å²) in [5.41, 5.74) is -0.301. The second-order valence-corrected chi connectivity index (χ2v) is 12.7. The molecule has 0 aliphatic rings. The number of carbonyl (C=O) groups is 1. The summed E-state index contributed by atoms with van der Waals surface area (Å²) in [4.78, 5) is 10.3. The number of para-hydroxylation sites is 1. The Balaban J connectivity index is 0.000000199. The Morgan fingerprint density at radius 2 is 0.967 bits per heavy atom. The van der Waals surface area contributed by atoms with Gasteiger partial charge < -0.3 is 15.3 Å². The quantitative estimate of drug-likeness (QED) is 0.294. The average Bonchev–Trinajstić information content (AvgIpc) is 2.78. The predicted octanol–water partition coefficient (Wildman–Crippen LogP) is 3.00. The van der Waals surface area contributed by atoms with Crippen LogP contribution < -0.4 is 10.5 Å². The van der Waals surface area contributed by atoms with Crippen molar-refractivity contribution >= 4 is 36.7 Å². The average molecular weight is 507 g/mol. The van der Waals surface area contributed by atoms with Crippen molar-refractivity contribution in [2.45, 2.75) is 0 Å². The summed E-state index contributed by atoms with van der Waals surface area (Å²) in [7, 11) is 0. The third-order valence-corrected chi connectivity index (χ3v) is 11.3. The number of carboxylic acids is 1. The fourth-order valence-electron chi connectivity index (χ4n) is 2.88. The Hall–Kier alpha value is -3.23. The topological polar surface area (TPSA) is 77.8 Å². The first-order valence-corrected chi connectivity index (χ1v) is 13.1. The van der Waals surface area contributed by atoms with E-state index >= 15 is 0 Å². The van der Waals surface area contributed by atoms with Gasteiger partial charge in [0.25, 0.3) is 0 Å². The van der Waals surface area contributed by atoms with Gasteiger partial charge in [0.2, 0.25) is 0 Å². The molecule has 0 aliphatic heterocycles. The van der Waals surface area contributed by atoms with Crippen LogP contribution in [0, 0.1) is 0 Å². The van der Waals surface area contributed by atoms with Gasteiger partial charge >= 0.3 is 128 Å². The van der Waals surface area contributed by atoms with Gasteiger partial charge in [0, 0.05) is 0 Å². The van der Waals surface area contributed by atoms with Crippen LogP contribution in [0.5, 0.6) is 11.5 Å². The van der Waals surface area contributed by atoms with Crippen molar-refractivity contribution in [3.8, 4) is 11.5 Å². The van der Waals surface area contributed by atoms with Crippen molar-refractivity contribution in [3.05, 3.63) is 115 Å². The normalized spacial score (nSPS) is 10.2. The molecular weight excluding hydrogens is 486 g/mol. The Bertz CT molecular complexity index is 990. The van der Waals surface area contributed by atoms with E-state index in [4.69, 9.17) is 15.3 Å². The van der Waals surface area contributed by atoms with Crippen LogP contribution >= 0.6 is 0 Å². The van der Waals surface area contributed by atoms with E-state index < -0.39 is 37.7 Å². The molecule has 0 aliphatic carbocycles. The molecule has 0 atom stereocenters. The maximum absolute atomic E-state index is 10.3. The molecule has 0 bridgehead atoms. The zero-order chi connectivity index (χ0) is 21.3. The van der Waals surface area contributed by atoms with E-state index in [0.717, 1.165) is 0 Å². The fourth-order valence-corrected chi connectivity index (χ4v) is 9.46. The molecule has 30 heavy (non-hydrogen) atoms. The van der Waals surface area contributed by atoms with Gasteiger partial charge in [-0.1, -0.05) is 6.07 Å². The second-order valence-electron chi connectivity index (χ2n) is 6.32. The van der Waals surface area contributed by atoms with E-state index in [1.54, 1.807) is 0 Å². The summed E-state index contributed by atoms with van der Waals surface area (Å²) >= 11 is -1.83. The van der Waals surface area contributed by atoms with Crippen molar-refractivity contribution in [3.63, 3.8) is 0 Å². The van der Waals surface area contributed by atoms with Gasteiger partial charge in [0.05, 0.1) is 0 Å². The second kappa shape index (κ2) is 10.5. The van der Waals surface area contributed by atoms with Gasteiger partial charge in [-0.25, -0.2) is 4.79 Å². The van der Waals surface area contributed by atoms with Gasteiger partial charge in [-0.3, -0.25) is 0 Å². The molecule has 0 amide bonds. The molecular formula is C25H21O4Sb. The Morgan fingerprint density at radius 3 is 1.30 bits per heavy atom. The first kappa shape index (κ1) is 21.5. The Morgan fingerprint density at radius 1 is 0.567 bits per heavy atom.